The molecule has 2 heterocycles. The van der Waals surface area contributed by atoms with E-state index in [0.717, 1.165) is 36.6 Å². The molecule has 0 N–H and O–H groups in total. The maximum atomic E-state index is 13.7. The van der Waals surface area contributed by atoms with E-state index in [4.69, 9.17) is 0 Å². The molecular formula is C24H25F3N4O. The first-order valence-corrected chi connectivity index (χ1v) is 10.7. The van der Waals surface area contributed by atoms with Gasteiger partial charge in [-0.25, -0.2) is 4.98 Å². The molecule has 1 saturated carbocycles. The third-order valence-corrected chi connectivity index (χ3v) is 6.68. The van der Waals surface area contributed by atoms with E-state index >= 15 is 0 Å². The summed E-state index contributed by atoms with van der Waals surface area (Å²) in [6.45, 7) is 3.84. The minimum atomic E-state index is -4.68. The van der Waals surface area contributed by atoms with Crippen molar-refractivity contribution in [1.29, 1.82) is 5.26 Å². The highest BCUT2D eigenvalue weighted by Crippen LogP contribution is 2.46. The number of fused-ring (bicyclic) bond motifs is 1. The number of nitriles is 1. The van der Waals surface area contributed by atoms with Crippen molar-refractivity contribution in [3.05, 3.63) is 52.7 Å². The molecule has 5 nitrogen and oxygen atoms in total. The Kier molecular flexibility index (Phi) is 5.61. The molecule has 2 aliphatic rings. The number of likely N-dealkylation sites (N-methyl/N-ethyl adjacent to an activating group) is 1. The standard InChI is InChI=1S/C24H25F3N4O/c1-14-6-4-8-17(10-14)30(3)23(32)21-18-9-5-7-16(18)13-31(21)22-19(12-28)20(24(25,26)27)11-15(2)29-22/h4,6,8,10-11,16,18,21H,5,7,9,13H2,1-3H3/t16-,18-,21-/m0/s1. The summed E-state index contributed by atoms with van der Waals surface area (Å²) in [6, 6.07) is 9.50. The highest BCUT2D eigenvalue weighted by Gasteiger charge is 2.50. The van der Waals surface area contributed by atoms with Crippen molar-refractivity contribution in [2.45, 2.75) is 45.3 Å². The minimum Gasteiger partial charge on any atom is -0.343 e. The average Bonchev–Trinajstić information content (AvgIpc) is 3.32. The van der Waals surface area contributed by atoms with Gasteiger partial charge in [0, 0.05) is 25.0 Å². The van der Waals surface area contributed by atoms with Crippen molar-refractivity contribution in [3.8, 4) is 6.07 Å². The molecule has 2 aromatic rings. The monoisotopic (exact) mass is 442 g/mol. The van der Waals surface area contributed by atoms with Gasteiger partial charge >= 0.3 is 6.18 Å². The summed E-state index contributed by atoms with van der Waals surface area (Å²) in [5.74, 6) is -0.00743. The first kappa shape index (κ1) is 22.1. The lowest BCUT2D eigenvalue weighted by Crippen LogP contribution is -2.48. The molecule has 4 rings (SSSR count). The summed E-state index contributed by atoms with van der Waals surface area (Å²) in [7, 11) is 1.69. The molecule has 8 heteroatoms. The fourth-order valence-electron chi connectivity index (χ4n) is 5.20. The van der Waals surface area contributed by atoms with Crippen LogP contribution in [0.25, 0.3) is 0 Å². The number of pyridine rings is 1. The predicted molar refractivity (Wildman–Crippen MR) is 115 cm³/mol. The van der Waals surface area contributed by atoms with Gasteiger partial charge in [-0.3, -0.25) is 4.79 Å². The molecular weight excluding hydrogens is 417 g/mol. The van der Waals surface area contributed by atoms with Gasteiger partial charge in [0.2, 0.25) is 5.91 Å². The molecule has 1 aromatic carbocycles. The zero-order valence-corrected chi connectivity index (χ0v) is 18.3. The molecule has 0 radical (unpaired) electrons. The van der Waals surface area contributed by atoms with Gasteiger partial charge in [-0.15, -0.1) is 0 Å². The van der Waals surface area contributed by atoms with E-state index in [1.54, 1.807) is 22.9 Å². The van der Waals surface area contributed by atoms with Crippen LogP contribution in [-0.2, 0) is 11.0 Å². The van der Waals surface area contributed by atoms with Crippen LogP contribution in [0.1, 0.15) is 41.6 Å². The Morgan fingerprint density at radius 3 is 2.66 bits per heavy atom. The quantitative estimate of drug-likeness (QED) is 0.681. The van der Waals surface area contributed by atoms with Crippen molar-refractivity contribution in [2.24, 2.45) is 11.8 Å². The van der Waals surface area contributed by atoms with E-state index in [0.29, 0.717) is 6.54 Å². The number of anilines is 2. The fraction of sp³-hybridized carbons (Fsp3) is 0.458. The van der Waals surface area contributed by atoms with Gasteiger partial charge in [-0.05, 0) is 62.3 Å². The smallest absolute Gasteiger partial charge is 0.343 e. The highest BCUT2D eigenvalue weighted by atomic mass is 19.4. The summed E-state index contributed by atoms with van der Waals surface area (Å²) < 4.78 is 41.1. The largest absolute Gasteiger partial charge is 0.417 e. The van der Waals surface area contributed by atoms with E-state index in [2.05, 4.69) is 4.98 Å². The molecule has 0 spiro atoms. The zero-order valence-electron chi connectivity index (χ0n) is 18.3. The maximum Gasteiger partial charge on any atom is 0.417 e. The van der Waals surface area contributed by atoms with Crippen molar-refractivity contribution in [3.63, 3.8) is 0 Å². The van der Waals surface area contributed by atoms with Gasteiger partial charge in [0.05, 0.1) is 5.56 Å². The Morgan fingerprint density at radius 1 is 1.25 bits per heavy atom. The number of carbonyl (C=O) groups excluding carboxylic acids is 1. The number of halogens is 3. The molecule has 0 bridgehead atoms. The molecule has 32 heavy (non-hydrogen) atoms. The van der Waals surface area contributed by atoms with Crippen molar-refractivity contribution in [1.82, 2.24) is 4.98 Å². The molecule has 2 fully saturated rings. The zero-order chi connectivity index (χ0) is 23.2. The second-order valence-electron chi connectivity index (χ2n) is 8.81. The Balaban J connectivity index is 1.80. The van der Waals surface area contributed by atoms with Crippen LogP contribution in [0.2, 0.25) is 0 Å². The fourth-order valence-corrected chi connectivity index (χ4v) is 5.20. The normalized spacial score (nSPS) is 22.5. The molecule has 0 unspecified atom stereocenters. The summed E-state index contributed by atoms with van der Waals surface area (Å²) in [5, 5.41) is 9.65. The van der Waals surface area contributed by atoms with Crippen LogP contribution in [0, 0.1) is 37.0 Å². The number of hydrogen-bond acceptors (Lipinski definition) is 4. The Labute approximate surface area is 185 Å². The summed E-state index contributed by atoms with van der Waals surface area (Å²) in [6.07, 6.45) is -1.94. The second-order valence-corrected chi connectivity index (χ2v) is 8.81. The number of carbonyl (C=O) groups is 1. The van der Waals surface area contributed by atoms with Crippen LogP contribution < -0.4 is 9.80 Å². The SMILES string of the molecule is Cc1cccc(N(C)C(=O)[C@@H]2[C@H]3CCC[C@H]3CN2c2nc(C)cc(C(F)(F)F)c2C#N)c1. The van der Waals surface area contributed by atoms with Crippen LogP contribution in [0.3, 0.4) is 0 Å². The van der Waals surface area contributed by atoms with Gasteiger partial charge in [0.15, 0.2) is 0 Å². The van der Waals surface area contributed by atoms with E-state index in [1.807, 2.05) is 31.2 Å². The Hall–Kier alpha value is -3.08. The molecule has 168 valence electrons. The van der Waals surface area contributed by atoms with E-state index in [1.165, 1.54) is 6.92 Å². The number of nitrogens with zero attached hydrogens (tertiary/aromatic N) is 4. The molecule has 1 aliphatic carbocycles. The maximum absolute atomic E-state index is 13.7. The van der Waals surface area contributed by atoms with E-state index in [-0.39, 0.29) is 29.3 Å². The highest BCUT2D eigenvalue weighted by molar-refractivity contribution is 5.99. The summed E-state index contributed by atoms with van der Waals surface area (Å²) in [4.78, 5) is 21.3. The number of hydrogen-bond donors (Lipinski definition) is 0. The predicted octanol–water partition coefficient (Wildman–Crippen LogP) is 4.86. The van der Waals surface area contributed by atoms with E-state index in [9.17, 15) is 23.2 Å². The second kappa shape index (κ2) is 8.12. The average molecular weight is 442 g/mol. The number of amides is 1. The van der Waals surface area contributed by atoms with Crippen molar-refractivity contribution < 1.29 is 18.0 Å². The summed E-state index contributed by atoms with van der Waals surface area (Å²) in [5.41, 5.74) is 0.384. The van der Waals surface area contributed by atoms with Gasteiger partial charge in [-0.2, -0.15) is 18.4 Å². The van der Waals surface area contributed by atoms with Gasteiger partial charge in [-0.1, -0.05) is 18.6 Å². The lowest BCUT2D eigenvalue weighted by molar-refractivity contribution is -0.137. The number of alkyl halides is 3. The van der Waals surface area contributed by atoms with E-state index < -0.39 is 23.3 Å². The number of aromatic nitrogens is 1. The molecule has 1 saturated heterocycles. The van der Waals surface area contributed by atoms with Crippen LogP contribution >= 0.6 is 0 Å². The molecule has 1 aliphatic heterocycles. The number of aryl methyl sites for hydroxylation is 2. The van der Waals surface area contributed by atoms with Crippen LogP contribution in [0.5, 0.6) is 0 Å². The first-order chi connectivity index (χ1) is 15.1. The molecule has 1 aromatic heterocycles. The molecule has 3 atom stereocenters. The van der Waals surface area contributed by atoms with Gasteiger partial charge in [0.1, 0.15) is 23.5 Å². The molecule has 1 amide bonds. The lowest BCUT2D eigenvalue weighted by Gasteiger charge is -2.32. The lowest BCUT2D eigenvalue weighted by atomic mass is 9.93. The van der Waals surface area contributed by atoms with Crippen molar-refractivity contribution in [2.75, 3.05) is 23.4 Å². The topological polar surface area (TPSA) is 60.2 Å². The Bertz CT molecular complexity index is 1090. The third kappa shape index (κ3) is 3.81. The number of rotatable bonds is 3. The third-order valence-electron chi connectivity index (χ3n) is 6.68. The van der Waals surface area contributed by atoms with Crippen LogP contribution in [0.4, 0.5) is 24.7 Å². The minimum absolute atomic E-state index is 0.0259. The summed E-state index contributed by atoms with van der Waals surface area (Å²) >= 11 is 0. The first-order valence-electron chi connectivity index (χ1n) is 10.7. The van der Waals surface area contributed by atoms with Crippen molar-refractivity contribution >= 4 is 17.4 Å². The van der Waals surface area contributed by atoms with Gasteiger partial charge in [0.25, 0.3) is 0 Å². The Morgan fingerprint density at radius 2 is 2.00 bits per heavy atom. The van der Waals surface area contributed by atoms with Crippen LogP contribution in [-0.4, -0.2) is 30.5 Å². The van der Waals surface area contributed by atoms with Gasteiger partial charge < -0.3 is 9.80 Å². The number of benzene rings is 1. The van der Waals surface area contributed by atoms with Crippen LogP contribution in [0.15, 0.2) is 30.3 Å².